The van der Waals surface area contributed by atoms with Crippen molar-refractivity contribution in [1.29, 1.82) is 0 Å². The highest BCUT2D eigenvalue weighted by Gasteiger charge is 2.23. The highest BCUT2D eigenvalue weighted by Crippen LogP contribution is 2.24. The largest absolute Gasteiger partial charge is 0.367 e. The van der Waals surface area contributed by atoms with E-state index in [9.17, 15) is 9.18 Å². The number of hydrogen-bond donors (Lipinski definition) is 2. The van der Waals surface area contributed by atoms with Gasteiger partial charge in [-0.25, -0.2) is 14.4 Å². The molecule has 8 heteroatoms. The summed E-state index contributed by atoms with van der Waals surface area (Å²) in [5, 5.41) is 6.55. The van der Waals surface area contributed by atoms with Gasteiger partial charge in [-0.3, -0.25) is 4.79 Å². The molecule has 0 radical (unpaired) electrons. The Morgan fingerprint density at radius 1 is 1.14 bits per heavy atom. The minimum atomic E-state index is -0.375. The van der Waals surface area contributed by atoms with Gasteiger partial charge in [0.1, 0.15) is 23.3 Å². The number of carbonyl (C=O) groups is 1. The van der Waals surface area contributed by atoms with Gasteiger partial charge in [-0.1, -0.05) is 0 Å². The monoisotopic (exact) mass is 449 g/mol. The Bertz CT molecular complexity index is 852. The minimum Gasteiger partial charge on any atom is -0.367 e. The molecule has 150 valence electrons. The predicted molar refractivity (Wildman–Crippen MR) is 112 cm³/mol. The number of anilines is 2. The summed E-state index contributed by atoms with van der Waals surface area (Å²) < 4.78 is 13.6. The van der Waals surface area contributed by atoms with Gasteiger partial charge in [0.05, 0.1) is 4.47 Å². The van der Waals surface area contributed by atoms with Crippen molar-refractivity contribution in [3.63, 3.8) is 0 Å². The third-order valence-corrected chi connectivity index (χ3v) is 5.49. The van der Waals surface area contributed by atoms with Gasteiger partial charge < -0.3 is 15.5 Å². The first kappa shape index (κ1) is 20.5. The Morgan fingerprint density at radius 3 is 2.46 bits per heavy atom. The second-order valence-corrected chi connectivity index (χ2v) is 8.20. The van der Waals surface area contributed by atoms with E-state index in [0.29, 0.717) is 16.1 Å². The molecular weight excluding hydrogens is 425 g/mol. The van der Waals surface area contributed by atoms with Crippen molar-refractivity contribution in [2.75, 3.05) is 24.3 Å². The Morgan fingerprint density at radius 2 is 1.82 bits per heavy atom. The zero-order valence-electron chi connectivity index (χ0n) is 16.3. The van der Waals surface area contributed by atoms with E-state index in [0.717, 1.165) is 43.1 Å². The molecule has 1 aromatic carbocycles. The number of rotatable bonds is 5. The standard InChI is InChI=1S/C20H25BrFN5O/c1-12-23-18(11-19(24-12)27(2)3)25-14-5-7-15(8-6-14)26-20(28)13-4-9-17(22)16(21)10-13/h4,9-11,14-15H,5-8H2,1-3H3,(H,26,28)(H,23,24,25). The van der Waals surface area contributed by atoms with Gasteiger partial charge in [0, 0.05) is 37.8 Å². The molecule has 0 bridgehead atoms. The first-order valence-electron chi connectivity index (χ1n) is 9.37. The summed E-state index contributed by atoms with van der Waals surface area (Å²) >= 11 is 3.12. The Balaban J connectivity index is 1.53. The fourth-order valence-corrected chi connectivity index (χ4v) is 3.73. The molecule has 1 amide bonds. The number of halogens is 2. The average molecular weight is 450 g/mol. The predicted octanol–water partition coefficient (Wildman–Crippen LogP) is 3.91. The summed E-state index contributed by atoms with van der Waals surface area (Å²) in [5.41, 5.74) is 0.459. The zero-order chi connectivity index (χ0) is 20.3. The number of carbonyl (C=O) groups excluding carboxylic acids is 1. The molecular formula is C20H25BrFN5O. The van der Waals surface area contributed by atoms with Gasteiger partial charge in [-0.2, -0.15) is 0 Å². The number of aromatic nitrogens is 2. The third kappa shape index (κ3) is 5.19. The lowest BCUT2D eigenvalue weighted by atomic mass is 9.91. The van der Waals surface area contributed by atoms with Crippen molar-refractivity contribution in [2.24, 2.45) is 0 Å². The van der Waals surface area contributed by atoms with E-state index in [1.165, 1.54) is 18.2 Å². The molecule has 1 fully saturated rings. The molecule has 1 aliphatic carbocycles. The van der Waals surface area contributed by atoms with E-state index in [2.05, 4.69) is 36.5 Å². The van der Waals surface area contributed by atoms with Gasteiger partial charge in [0.25, 0.3) is 5.91 Å². The number of aryl methyl sites for hydroxylation is 1. The lowest BCUT2D eigenvalue weighted by Gasteiger charge is -2.30. The van der Waals surface area contributed by atoms with Crippen LogP contribution in [0.4, 0.5) is 16.0 Å². The molecule has 2 N–H and O–H groups in total. The molecule has 3 rings (SSSR count). The smallest absolute Gasteiger partial charge is 0.251 e. The molecule has 1 aromatic heterocycles. The number of amides is 1. The highest BCUT2D eigenvalue weighted by molar-refractivity contribution is 9.10. The molecule has 1 heterocycles. The Hall–Kier alpha value is -2.22. The van der Waals surface area contributed by atoms with Gasteiger partial charge in [0.2, 0.25) is 0 Å². The number of benzene rings is 1. The maximum Gasteiger partial charge on any atom is 0.251 e. The SMILES string of the molecule is Cc1nc(NC2CCC(NC(=O)c3ccc(F)c(Br)c3)CC2)cc(N(C)C)n1. The van der Waals surface area contributed by atoms with Crippen LogP contribution in [0.25, 0.3) is 0 Å². The van der Waals surface area contributed by atoms with Crippen molar-refractivity contribution >= 4 is 33.5 Å². The summed E-state index contributed by atoms with van der Waals surface area (Å²) in [6.07, 6.45) is 3.66. The molecule has 0 aliphatic heterocycles. The van der Waals surface area contributed by atoms with Crippen LogP contribution in [0.15, 0.2) is 28.7 Å². The average Bonchev–Trinajstić information content (AvgIpc) is 2.65. The quantitative estimate of drug-likeness (QED) is 0.723. The molecule has 0 atom stereocenters. The van der Waals surface area contributed by atoms with Crippen molar-refractivity contribution < 1.29 is 9.18 Å². The summed E-state index contributed by atoms with van der Waals surface area (Å²) in [4.78, 5) is 23.2. The van der Waals surface area contributed by atoms with E-state index in [1.807, 2.05) is 32.0 Å². The lowest BCUT2D eigenvalue weighted by Crippen LogP contribution is -2.40. The van der Waals surface area contributed by atoms with Gasteiger partial charge in [0.15, 0.2) is 0 Å². The second kappa shape index (κ2) is 8.86. The third-order valence-electron chi connectivity index (χ3n) is 4.88. The van der Waals surface area contributed by atoms with Gasteiger partial charge >= 0.3 is 0 Å². The van der Waals surface area contributed by atoms with Crippen molar-refractivity contribution in [1.82, 2.24) is 15.3 Å². The first-order chi connectivity index (χ1) is 13.3. The molecule has 2 aromatic rings. The van der Waals surface area contributed by atoms with Crippen LogP contribution in [0.5, 0.6) is 0 Å². The van der Waals surface area contributed by atoms with Crippen LogP contribution >= 0.6 is 15.9 Å². The number of hydrogen-bond acceptors (Lipinski definition) is 5. The van der Waals surface area contributed by atoms with E-state index in [1.54, 1.807) is 0 Å². The van der Waals surface area contributed by atoms with Crippen LogP contribution in [0.1, 0.15) is 41.9 Å². The molecule has 28 heavy (non-hydrogen) atoms. The van der Waals surface area contributed by atoms with Crippen LogP contribution in [-0.2, 0) is 0 Å². The zero-order valence-corrected chi connectivity index (χ0v) is 17.9. The van der Waals surface area contributed by atoms with Crippen LogP contribution in [-0.4, -0.2) is 42.1 Å². The van der Waals surface area contributed by atoms with E-state index in [4.69, 9.17) is 0 Å². The highest BCUT2D eigenvalue weighted by atomic mass is 79.9. The molecule has 0 spiro atoms. The fourth-order valence-electron chi connectivity index (χ4n) is 3.35. The summed E-state index contributed by atoms with van der Waals surface area (Å²) in [5.74, 6) is 1.90. The molecule has 6 nitrogen and oxygen atoms in total. The first-order valence-corrected chi connectivity index (χ1v) is 10.2. The maximum atomic E-state index is 13.3. The minimum absolute atomic E-state index is 0.124. The normalized spacial score (nSPS) is 19.2. The topological polar surface area (TPSA) is 70.2 Å². The summed E-state index contributed by atoms with van der Waals surface area (Å²) in [7, 11) is 3.91. The van der Waals surface area contributed by atoms with Crippen molar-refractivity contribution in [2.45, 2.75) is 44.7 Å². The summed E-state index contributed by atoms with van der Waals surface area (Å²) in [6.45, 7) is 1.89. The summed E-state index contributed by atoms with van der Waals surface area (Å²) in [6, 6.07) is 6.70. The van der Waals surface area contributed by atoms with Gasteiger partial charge in [-0.05, 0) is 66.7 Å². The lowest BCUT2D eigenvalue weighted by molar-refractivity contribution is 0.0926. The maximum absolute atomic E-state index is 13.3. The fraction of sp³-hybridized carbons (Fsp3) is 0.450. The van der Waals surface area contributed by atoms with Crippen LogP contribution < -0.4 is 15.5 Å². The molecule has 1 saturated carbocycles. The Labute approximate surface area is 173 Å². The molecule has 1 aliphatic rings. The molecule has 0 saturated heterocycles. The Kier molecular flexibility index (Phi) is 6.49. The second-order valence-electron chi connectivity index (χ2n) is 7.35. The van der Waals surface area contributed by atoms with Crippen LogP contribution in [0.2, 0.25) is 0 Å². The molecule has 0 unspecified atom stereocenters. The van der Waals surface area contributed by atoms with Crippen molar-refractivity contribution in [3.05, 3.63) is 45.9 Å². The number of nitrogens with one attached hydrogen (secondary N) is 2. The van der Waals surface area contributed by atoms with E-state index < -0.39 is 0 Å². The van der Waals surface area contributed by atoms with Crippen LogP contribution in [0.3, 0.4) is 0 Å². The van der Waals surface area contributed by atoms with Crippen molar-refractivity contribution in [3.8, 4) is 0 Å². The van der Waals surface area contributed by atoms with Crippen LogP contribution in [0, 0.1) is 12.7 Å². The van der Waals surface area contributed by atoms with E-state index >= 15 is 0 Å². The van der Waals surface area contributed by atoms with E-state index in [-0.39, 0.29) is 17.8 Å². The number of nitrogens with zero attached hydrogens (tertiary/aromatic N) is 3. The van der Waals surface area contributed by atoms with Gasteiger partial charge in [-0.15, -0.1) is 0 Å².